The maximum absolute atomic E-state index is 13.6. The lowest BCUT2D eigenvalue weighted by Crippen LogP contribution is -2.76. The molecule has 4 atom stereocenters. The second-order valence-electron chi connectivity index (χ2n) is 8.45. The Morgan fingerprint density at radius 2 is 1.55 bits per heavy atom. The second kappa shape index (κ2) is 9.12. The summed E-state index contributed by atoms with van der Waals surface area (Å²) in [6.07, 6.45) is -1.93. The summed E-state index contributed by atoms with van der Waals surface area (Å²) in [5.74, 6) is -2.22. The van der Waals surface area contributed by atoms with E-state index in [1.54, 1.807) is 50.2 Å². The molecule has 0 radical (unpaired) electrons. The van der Waals surface area contributed by atoms with E-state index in [4.69, 9.17) is 9.47 Å². The van der Waals surface area contributed by atoms with Gasteiger partial charge in [0.05, 0.1) is 0 Å². The zero-order chi connectivity index (χ0) is 23.8. The van der Waals surface area contributed by atoms with Gasteiger partial charge in [0.2, 0.25) is 5.91 Å². The summed E-state index contributed by atoms with van der Waals surface area (Å²) in [5, 5.41) is 10.9. The van der Waals surface area contributed by atoms with Crippen LogP contribution in [0.3, 0.4) is 0 Å². The number of carbonyl (C=O) groups is 3. The van der Waals surface area contributed by atoms with Gasteiger partial charge in [0.25, 0.3) is 0 Å². The number of fused-ring (bicyclic) bond motifs is 1. The quantitative estimate of drug-likeness (QED) is 0.332. The second-order valence-corrected chi connectivity index (χ2v) is 11.2. The number of aliphatic hydroxyl groups excluding tert-OH is 1. The van der Waals surface area contributed by atoms with E-state index in [0.29, 0.717) is 0 Å². The minimum Gasteiger partial charge on any atom is -0.459 e. The molecular formula is C24H24BrNO6S. The van der Waals surface area contributed by atoms with Crippen molar-refractivity contribution in [3.8, 4) is 0 Å². The van der Waals surface area contributed by atoms with Gasteiger partial charge in [-0.25, -0.2) is 9.59 Å². The summed E-state index contributed by atoms with van der Waals surface area (Å²) in [4.78, 5) is 40.2. The van der Waals surface area contributed by atoms with Crippen LogP contribution in [-0.4, -0.2) is 54.4 Å². The first-order chi connectivity index (χ1) is 15.7. The molecule has 2 aromatic carbocycles. The Morgan fingerprint density at radius 3 is 2.09 bits per heavy atom. The number of nitrogens with zero attached hydrogens (tertiary/aromatic N) is 1. The molecule has 174 valence electrons. The van der Waals surface area contributed by atoms with Crippen molar-refractivity contribution in [2.24, 2.45) is 0 Å². The normalized spacial score (nSPS) is 26.2. The van der Waals surface area contributed by atoms with Crippen molar-refractivity contribution >= 4 is 45.5 Å². The Labute approximate surface area is 204 Å². The topological polar surface area (TPSA) is 93.1 Å². The molecule has 0 spiro atoms. The van der Waals surface area contributed by atoms with Crippen LogP contribution in [0, 0.1) is 0 Å². The molecule has 1 N–H and O–H groups in total. The molecule has 33 heavy (non-hydrogen) atoms. The molecule has 4 rings (SSSR count). The van der Waals surface area contributed by atoms with E-state index >= 15 is 0 Å². The van der Waals surface area contributed by atoms with Crippen molar-refractivity contribution in [1.82, 2.24) is 4.90 Å². The summed E-state index contributed by atoms with van der Waals surface area (Å²) >= 11 is 4.68. The van der Waals surface area contributed by atoms with Crippen LogP contribution in [0.2, 0.25) is 0 Å². The molecule has 0 aromatic heterocycles. The van der Waals surface area contributed by atoms with Crippen molar-refractivity contribution in [2.75, 3.05) is 0 Å². The summed E-state index contributed by atoms with van der Waals surface area (Å²) in [6.45, 7) is 3.32. The molecule has 0 aliphatic carbocycles. The lowest BCUT2D eigenvalue weighted by molar-refractivity contribution is -0.192. The van der Waals surface area contributed by atoms with E-state index in [1.165, 1.54) is 16.7 Å². The number of rotatable bonds is 7. The molecule has 0 bridgehead atoms. The first-order valence-electron chi connectivity index (χ1n) is 10.4. The van der Waals surface area contributed by atoms with E-state index in [0.717, 1.165) is 11.1 Å². The maximum atomic E-state index is 13.6. The van der Waals surface area contributed by atoms with Gasteiger partial charge in [-0.1, -0.05) is 76.6 Å². The van der Waals surface area contributed by atoms with E-state index in [1.807, 2.05) is 24.3 Å². The summed E-state index contributed by atoms with van der Waals surface area (Å²) in [5.41, 5.74) is -0.459. The smallest absolute Gasteiger partial charge is 0.338 e. The van der Waals surface area contributed by atoms with E-state index < -0.39 is 38.5 Å². The molecule has 2 aromatic rings. The Balaban J connectivity index is 1.63. The molecule has 1 unspecified atom stereocenters. The largest absolute Gasteiger partial charge is 0.459 e. The molecular weight excluding hydrogens is 510 g/mol. The number of alkyl halides is 1. The first-order valence-corrected chi connectivity index (χ1v) is 12.2. The summed E-state index contributed by atoms with van der Waals surface area (Å²) < 4.78 is 9.91. The third-order valence-corrected chi connectivity index (χ3v) is 8.93. The number of carbonyl (C=O) groups excluding carboxylic acids is 3. The predicted molar refractivity (Wildman–Crippen MR) is 126 cm³/mol. The number of ether oxygens (including phenoxy) is 2. The van der Waals surface area contributed by atoms with Crippen LogP contribution in [0.1, 0.15) is 25.0 Å². The van der Waals surface area contributed by atoms with Crippen LogP contribution in [0.5, 0.6) is 0 Å². The van der Waals surface area contributed by atoms with Gasteiger partial charge < -0.3 is 19.5 Å². The van der Waals surface area contributed by atoms with Gasteiger partial charge in [0.1, 0.15) is 23.4 Å². The third-order valence-electron chi connectivity index (χ3n) is 6.06. The van der Waals surface area contributed by atoms with Gasteiger partial charge in [-0.05, 0) is 25.0 Å². The van der Waals surface area contributed by atoms with Crippen molar-refractivity contribution < 1.29 is 29.0 Å². The third kappa shape index (κ3) is 3.96. The number of hydrogen-bond acceptors (Lipinski definition) is 7. The Kier molecular flexibility index (Phi) is 6.57. The molecule has 2 saturated heterocycles. The van der Waals surface area contributed by atoms with Gasteiger partial charge in [0.15, 0.2) is 11.6 Å². The first kappa shape index (κ1) is 23.8. The number of amides is 1. The Morgan fingerprint density at radius 1 is 1.03 bits per heavy atom. The number of β-lactam (4-membered cyclic amide) rings is 1. The minimum atomic E-state index is -1.94. The van der Waals surface area contributed by atoms with Gasteiger partial charge in [-0.15, -0.1) is 11.8 Å². The zero-order valence-corrected chi connectivity index (χ0v) is 20.5. The number of esters is 2. The summed E-state index contributed by atoms with van der Waals surface area (Å²) in [7, 11) is 0. The summed E-state index contributed by atoms with van der Waals surface area (Å²) in [6, 6.07) is 18.1. The van der Waals surface area contributed by atoms with Gasteiger partial charge in [-0.3, -0.25) is 4.79 Å². The van der Waals surface area contributed by atoms with Crippen molar-refractivity contribution in [3.63, 3.8) is 0 Å². The lowest BCUT2D eigenvalue weighted by atomic mass is 9.76. The van der Waals surface area contributed by atoms with Crippen LogP contribution >= 0.6 is 27.7 Å². The fourth-order valence-electron chi connectivity index (χ4n) is 4.33. The maximum Gasteiger partial charge on any atom is 0.338 e. The van der Waals surface area contributed by atoms with Crippen LogP contribution < -0.4 is 0 Å². The predicted octanol–water partition coefficient (Wildman–Crippen LogP) is 3.03. The highest BCUT2D eigenvalue weighted by Crippen LogP contribution is 2.60. The van der Waals surface area contributed by atoms with E-state index in [9.17, 15) is 19.5 Å². The van der Waals surface area contributed by atoms with Gasteiger partial charge in [-0.2, -0.15) is 0 Å². The Hall–Kier alpha value is -2.36. The lowest BCUT2D eigenvalue weighted by Gasteiger charge is -2.50. The number of thioether (sulfide) groups is 1. The molecule has 2 aliphatic heterocycles. The van der Waals surface area contributed by atoms with Crippen LogP contribution in [0.15, 0.2) is 60.7 Å². The highest BCUT2D eigenvalue weighted by atomic mass is 79.9. The van der Waals surface area contributed by atoms with Crippen molar-refractivity contribution in [3.05, 3.63) is 71.8 Å². The molecule has 2 heterocycles. The molecule has 0 saturated carbocycles. The van der Waals surface area contributed by atoms with Gasteiger partial charge >= 0.3 is 11.9 Å². The molecule has 2 aliphatic rings. The zero-order valence-electron chi connectivity index (χ0n) is 18.1. The van der Waals surface area contributed by atoms with Gasteiger partial charge in [0, 0.05) is 4.75 Å². The van der Waals surface area contributed by atoms with Crippen molar-refractivity contribution in [2.45, 2.75) is 53.7 Å². The van der Waals surface area contributed by atoms with Crippen LogP contribution in [0.25, 0.3) is 0 Å². The monoisotopic (exact) mass is 533 g/mol. The average Bonchev–Trinajstić information content (AvgIpc) is 3.06. The molecule has 9 heteroatoms. The number of benzene rings is 2. The van der Waals surface area contributed by atoms with Crippen molar-refractivity contribution in [1.29, 1.82) is 0 Å². The number of hydrogen-bond donors (Lipinski definition) is 1. The standard InChI is InChI=1S/C24H24BrNO6S/c1-23(2)24(26-19(28)17(25)20(26)33-23,22(30)32-14-16-11-7-4-8-12-16)18(27)21(29)31-13-15-9-5-3-6-10-15/h3-12,17-18,20,27H,13-14H2,1-2H3/t17-,18?,20-,24+/m1/s1. The molecule has 7 nitrogen and oxygen atoms in total. The Bertz CT molecular complexity index is 1050. The fraction of sp³-hybridized carbons (Fsp3) is 0.375. The highest BCUT2D eigenvalue weighted by Gasteiger charge is 2.76. The highest BCUT2D eigenvalue weighted by molar-refractivity contribution is 9.10. The molecule has 2 fully saturated rings. The average molecular weight is 534 g/mol. The number of aliphatic hydroxyl groups is 1. The SMILES string of the molecule is CC1(C)S[C@@H]2[C@H](Br)C(=O)N2[C@]1(C(=O)OCc1ccccc1)C(O)C(=O)OCc1ccccc1. The molecule has 1 amide bonds. The fourth-order valence-corrected chi connectivity index (χ4v) is 6.79. The van der Waals surface area contributed by atoms with Crippen LogP contribution in [-0.2, 0) is 37.1 Å². The minimum absolute atomic E-state index is 0.0572. The van der Waals surface area contributed by atoms with E-state index in [2.05, 4.69) is 15.9 Å². The van der Waals surface area contributed by atoms with E-state index in [-0.39, 0.29) is 19.1 Å². The number of halogens is 1. The van der Waals surface area contributed by atoms with Crippen LogP contribution in [0.4, 0.5) is 0 Å².